The first-order valence-electron chi connectivity index (χ1n) is 8.32. The largest absolute Gasteiger partial charge is 0.490 e. The Morgan fingerprint density at radius 3 is 2.27 bits per heavy atom. The molecule has 0 aliphatic carbocycles. The van der Waals surface area contributed by atoms with Gasteiger partial charge in [0.2, 0.25) is 5.91 Å². The Morgan fingerprint density at radius 1 is 1.05 bits per heavy atom. The molecule has 1 N–H and O–H groups in total. The molecule has 0 unspecified atom stereocenters. The van der Waals surface area contributed by atoms with Crippen LogP contribution in [0.3, 0.4) is 0 Å². The molecule has 4 nitrogen and oxygen atoms in total. The number of hydrogen-bond donors (Lipinski definition) is 1. The van der Waals surface area contributed by atoms with Gasteiger partial charge in [-0.15, -0.1) is 0 Å². The summed E-state index contributed by atoms with van der Waals surface area (Å²) in [6.45, 7) is 9.88. The van der Waals surface area contributed by atoms with Crippen molar-refractivity contribution in [2.75, 3.05) is 19.8 Å². The maximum Gasteiger partial charge on any atom is 0.223 e. The van der Waals surface area contributed by atoms with Gasteiger partial charge in [0, 0.05) is 12.5 Å². The van der Waals surface area contributed by atoms with Crippen LogP contribution in [0.1, 0.15) is 46.1 Å². The first kappa shape index (κ1) is 18.3. The molecule has 0 saturated carbocycles. The van der Waals surface area contributed by atoms with Crippen molar-refractivity contribution in [1.29, 1.82) is 0 Å². The molecule has 0 aliphatic rings. The van der Waals surface area contributed by atoms with Gasteiger partial charge >= 0.3 is 0 Å². The zero-order valence-corrected chi connectivity index (χ0v) is 14.3. The number of carbonyl (C=O) groups excluding carboxylic acids is 1. The van der Waals surface area contributed by atoms with Gasteiger partial charge in [-0.25, -0.2) is 0 Å². The predicted molar refractivity (Wildman–Crippen MR) is 89.6 cm³/mol. The van der Waals surface area contributed by atoms with Gasteiger partial charge in [0.15, 0.2) is 11.5 Å². The third-order valence-corrected chi connectivity index (χ3v) is 3.68. The van der Waals surface area contributed by atoms with Crippen LogP contribution < -0.4 is 14.8 Å². The lowest BCUT2D eigenvalue weighted by Gasteiger charge is -2.14. The topological polar surface area (TPSA) is 47.6 Å². The van der Waals surface area contributed by atoms with Crippen LogP contribution in [0.15, 0.2) is 18.2 Å². The van der Waals surface area contributed by atoms with Crippen molar-refractivity contribution >= 4 is 5.91 Å². The minimum atomic E-state index is 0.124. The lowest BCUT2D eigenvalue weighted by molar-refractivity contribution is -0.125. The maximum absolute atomic E-state index is 11.9. The average Bonchev–Trinajstić information content (AvgIpc) is 2.51. The van der Waals surface area contributed by atoms with Crippen LogP contribution in [0.25, 0.3) is 0 Å². The Labute approximate surface area is 134 Å². The van der Waals surface area contributed by atoms with E-state index in [2.05, 4.69) is 19.2 Å². The van der Waals surface area contributed by atoms with E-state index in [4.69, 9.17) is 9.47 Å². The van der Waals surface area contributed by atoms with Crippen LogP contribution in [0, 0.1) is 5.92 Å². The Hall–Kier alpha value is -1.71. The van der Waals surface area contributed by atoms with Gasteiger partial charge in [-0.05, 0) is 50.8 Å². The normalized spacial score (nSPS) is 10.6. The quantitative estimate of drug-likeness (QED) is 0.719. The molecule has 1 aromatic rings. The number of amides is 1. The zero-order valence-electron chi connectivity index (χ0n) is 14.3. The predicted octanol–water partition coefficient (Wildman–Crippen LogP) is 3.58. The van der Waals surface area contributed by atoms with Crippen LogP contribution in [-0.2, 0) is 11.2 Å². The lowest BCUT2D eigenvalue weighted by Crippen LogP contribution is -2.31. The average molecular weight is 307 g/mol. The minimum Gasteiger partial charge on any atom is -0.490 e. The van der Waals surface area contributed by atoms with E-state index in [1.54, 1.807) is 0 Å². The van der Waals surface area contributed by atoms with E-state index in [9.17, 15) is 4.79 Å². The van der Waals surface area contributed by atoms with Gasteiger partial charge in [0.25, 0.3) is 0 Å². The summed E-state index contributed by atoms with van der Waals surface area (Å²) < 4.78 is 11.2. The van der Waals surface area contributed by atoms with Gasteiger partial charge < -0.3 is 14.8 Å². The van der Waals surface area contributed by atoms with Gasteiger partial charge in [-0.1, -0.05) is 19.9 Å². The summed E-state index contributed by atoms with van der Waals surface area (Å²) in [6, 6.07) is 5.96. The third kappa shape index (κ3) is 5.58. The van der Waals surface area contributed by atoms with Crippen LogP contribution in [0.2, 0.25) is 0 Å². The molecule has 1 amide bonds. The Morgan fingerprint density at radius 2 is 1.68 bits per heavy atom. The zero-order chi connectivity index (χ0) is 16.4. The fourth-order valence-corrected chi connectivity index (χ4v) is 2.38. The summed E-state index contributed by atoms with van der Waals surface area (Å²) in [5, 5.41) is 3.01. The SMILES string of the molecule is CCOc1ccc(CCNC(=O)C(CC)CC)cc1OCC. The Balaban J connectivity index is 2.59. The molecule has 1 aromatic carbocycles. The summed E-state index contributed by atoms with van der Waals surface area (Å²) in [4.78, 5) is 11.9. The fourth-order valence-electron chi connectivity index (χ4n) is 2.38. The van der Waals surface area contributed by atoms with E-state index in [0.29, 0.717) is 19.8 Å². The highest BCUT2D eigenvalue weighted by Crippen LogP contribution is 2.28. The Kier molecular flexibility index (Phi) is 8.41. The monoisotopic (exact) mass is 307 g/mol. The molecule has 0 heterocycles. The van der Waals surface area contributed by atoms with Crippen molar-refractivity contribution in [3.05, 3.63) is 23.8 Å². The molecule has 0 aromatic heterocycles. The van der Waals surface area contributed by atoms with Crippen molar-refractivity contribution in [2.45, 2.75) is 47.0 Å². The molecule has 0 atom stereocenters. The number of benzene rings is 1. The molecule has 0 saturated heterocycles. The van der Waals surface area contributed by atoms with Crippen molar-refractivity contribution in [3.63, 3.8) is 0 Å². The molecule has 0 radical (unpaired) electrons. The first-order chi connectivity index (χ1) is 10.7. The molecule has 124 valence electrons. The number of carbonyl (C=O) groups is 1. The number of nitrogens with one attached hydrogen (secondary N) is 1. The Bertz CT molecular complexity index is 456. The van der Waals surface area contributed by atoms with Crippen LogP contribution in [-0.4, -0.2) is 25.7 Å². The maximum atomic E-state index is 11.9. The number of ether oxygens (including phenoxy) is 2. The molecule has 22 heavy (non-hydrogen) atoms. The third-order valence-electron chi connectivity index (χ3n) is 3.68. The molecule has 0 aliphatic heterocycles. The number of hydrogen-bond acceptors (Lipinski definition) is 3. The van der Waals surface area contributed by atoms with Crippen LogP contribution in [0.5, 0.6) is 11.5 Å². The molecule has 0 bridgehead atoms. The number of rotatable bonds is 10. The van der Waals surface area contributed by atoms with E-state index in [-0.39, 0.29) is 11.8 Å². The smallest absolute Gasteiger partial charge is 0.223 e. The second-order valence-electron chi connectivity index (χ2n) is 5.20. The second-order valence-corrected chi connectivity index (χ2v) is 5.20. The summed E-state index contributed by atoms with van der Waals surface area (Å²) >= 11 is 0. The van der Waals surface area contributed by atoms with Crippen LogP contribution in [0.4, 0.5) is 0 Å². The summed E-state index contributed by atoms with van der Waals surface area (Å²) in [6.07, 6.45) is 2.57. The van der Waals surface area contributed by atoms with Crippen molar-refractivity contribution in [2.24, 2.45) is 5.92 Å². The fraction of sp³-hybridized carbons (Fsp3) is 0.611. The lowest BCUT2D eigenvalue weighted by atomic mass is 10.0. The van der Waals surface area contributed by atoms with Gasteiger partial charge in [0.1, 0.15) is 0 Å². The minimum absolute atomic E-state index is 0.124. The molecular weight excluding hydrogens is 278 g/mol. The van der Waals surface area contributed by atoms with E-state index < -0.39 is 0 Å². The van der Waals surface area contributed by atoms with Gasteiger partial charge in [-0.3, -0.25) is 4.79 Å². The van der Waals surface area contributed by atoms with Crippen molar-refractivity contribution in [1.82, 2.24) is 5.32 Å². The second kappa shape index (κ2) is 10.1. The molecule has 1 rings (SSSR count). The van der Waals surface area contributed by atoms with E-state index in [1.807, 2.05) is 32.0 Å². The standard InChI is InChI=1S/C18H29NO3/c1-5-15(6-2)18(20)19-12-11-14-9-10-16(21-7-3)17(13-14)22-8-4/h9-10,13,15H,5-8,11-12H2,1-4H3,(H,19,20). The summed E-state index contributed by atoms with van der Waals surface area (Å²) in [5.41, 5.74) is 1.14. The highest BCUT2D eigenvalue weighted by atomic mass is 16.5. The summed E-state index contributed by atoms with van der Waals surface area (Å²) in [7, 11) is 0. The van der Waals surface area contributed by atoms with Crippen molar-refractivity contribution < 1.29 is 14.3 Å². The molecular formula is C18H29NO3. The van der Waals surface area contributed by atoms with E-state index in [1.165, 1.54) is 0 Å². The van der Waals surface area contributed by atoms with Gasteiger partial charge in [0.05, 0.1) is 13.2 Å². The van der Waals surface area contributed by atoms with E-state index in [0.717, 1.165) is 36.3 Å². The van der Waals surface area contributed by atoms with Crippen molar-refractivity contribution in [3.8, 4) is 11.5 Å². The van der Waals surface area contributed by atoms with Crippen LogP contribution >= 0.6 is 0 Å². The van der Waals surface area contributed by atoms with E-state index >= 15 is 0 Å². The summed E-state index contributed by atoms with van der Waals surface area (Å²) in [5.74, 6) is 1.82. The highest BCUT2D eigenvalue weighted by molar-refractivity contribution is 5.78. The molecule has 0 spiro atoms. The first-order valence-corrected chi connectivity index (χ1v) is 8.32. The van der Waals surface area contributed by atoms with Gasteiger partial charge in [-0.2, -0.15) is 0 Å². The highest BCUT2D eigenvalue weighted by Gasteiger charge is 2.13. The molecule has 4 heteroatoms. The molecule has 0 fully saturated rings.